The number of anilines is 1. The number of carbonyl (C=O) groups excluding carboxylic acids is 3. The normalized spacial score (nSPS) is 11.4. The van der Waals surface area contributed by atoms with Gasteiger partial charge >= 0.3 is 18.3 Å². The first kappa shape index (κ1) is 60.8. The van der Waals surface area contributed by atoms with Gasteiger partial charge in [0.25, 0.3) is 15.9 Å². The van der Waals surface area contributed by atoms with Gasteiger partial charge in [-0.2, -0.15) is 18.1 Å². The predicted octanol–water partition coefficient (Wildman–Crippen LogP) is 4.45. The summed E-state index contributed by atoms with van der Waals surface area (Å²) in [6.45, 7) is -1.87. The Morgan fingerprint density at radius 2 is 1.35 bits per heavy atom. The second-order valence-electron chi connectivity index (χ2n) is 15.8. The van der Waals surface area contributed by atoms with E-state index in [1.807, 2.05) is 0 Å². The number of benzene rings is 2. The third-order valence-electron chi connectivity index (χ3n) is 10.2. The Bertz CT molecular complexity index is 3050. The van der Waals surface area contributed by atoms with Crippen LogP contribution < -0.4 is 18.5 Å². The number of aromatic nitrogens is 8. The lowest BCUT2D eigenvalue weighted by Crippen LogP contribution is -2.36. The van der Waals surface area contributed by atoms with E-state index >= 15 is 0 Å². The highest BCUT2D eigenvalue weighted by Gasteiger charge is 2.35. The van der Waals surface area contributed by atoms with E-state index in [9.17, 15) is 22.8 Å². The highest BCUT2D eigenvalue weighted by Crippen LogP contribution is 2.44. The summed E-state index contributed by atoms with van der Waals surface area (Å²) in [5, 5.41) is 62.2. The third kappa shape index (κ3) is 18.6. The Morgan fingerprint density at radius 3 is 2.00 bits per heavy atom. The Labute approximate surface area is 452 Å². The van der Waals surface area contributed by atoms with Crippen LogP contribution in [0.2, 0.25) is 0 Å². The second kappa shape index (κ2) is 30.6. The number of hydrogen-bond donors (Lipinski definition) is 6. The summed E-state index contributed by atoms with van der Waals surface area (Å²) >= 11 is 0. The van der Waals surface area contributed by atoms with Crippen molar-refractivity contribution >= 4 is 34.1 Å². The van der Waals surface area contributed by atoms with Crippen molar-refractivity contribution < 1.29 is 106 Å². The minimum atomic E-state index is -4.97. The first-order chi connectivity index (χ1) is 38.5. The maximum Gasteiger partial charge on any atom is 0.510 e. The van der Waals surface area contributed by atoms with Crippen LogP contribution in [0.5, 0.6) is 23.1 Å². The molecule has 0 saturated carbocycles. The van der Waals surface area contributed by atoms with E-state index in [1.54, 1.807) is 19.1 Å². The predicted molar refractivity (Wildman–Crippen MR) is 257 cm³/mol. The fraction of sp³-hybridized carbons (Fsp3) is 0.333. The number of hydrogen-bond acceptors (Lipinski definition) is 32. The zero-order chi connectivity index (χ0) is 57.4. The molecule has 0 bridgehead atoms. The highest BCUT2D eigenvalue weighted by atomic mass is 32.2. The van der Waals surface area contributed by atoms with E-state index < -0.39 is 93.6 Å². The van der Waals surface area contributed by atoms with E-state index in [2.05, 4.69) is 50.0 Å². The minimum Gasteiger partial charge on any atom is -0.493 e. The Kier molecular flexibility index (Phi) is 23.3. The molecule has 6 aromatic rings. The van der Waals surface area contributed by atoms with Crippen LogP contribution in [0.4, 0.5) is 15.4 Å². The molecule has 0 aliphatic heterocycles. The van der Waals surface area contributed by atoms with Crippen LogP contribution in [-0.2, 0) is 61.6 Å². The Balaban J connectivity index is 1.39. The largest absolute Gasteiger partial charge is 0.510 e. The number of methoxy groups -OCH3 is 1. The number of pyridine rings is 2. The van der Waals surface area contributed by atoms with Crippen LogP contribution in [0.15, 0.2) is 90.2 Å². The van der Waals surface area contributed by atoms with Gasteiger partial charge < -0.3 is 37.9 Å². The number of tetrazole rings is 1. The van der Waals surface area contributed by atoms with Crippen LogP contribution in [0.25, 0.3) is 22.9 Å². The molecule has 430 valence electrons. The second-order valence-corrected chi connectivity index (χ2v) is 17.6. The van der Waals surface area contributed by atoms with Crippen molar-refractivity contribution in [2.45, 2.75) is 51.0 Å². The molecule has 6 rings (SSSR count). The van der Waals surface area contributed by atoms with Gasteiger partial charge in [0.15, 0.2) is 41.6 Å². The monoisotopic (exact) mass is 1140 g/mol. The van der Waals surface area contributed by atoms with E-state index in [1.165, 1.54) is 80.2 Å². The Morgan fingerprint density at radius 1 is 0.688 bits per heavy atom. The number of esters is 1. The molecular formula is C45H52N12O22S. The maximum atomic E-state index is 15.0. The first-order valence-corrected chi connectivity index (χ1v) is 24.8. The van der Waals surface area contributed by atoms with Crippen LogP contribution >= 0.6 is 0 Å². The van der Waals surface area contributed by atoms with Crippen molar-refractivity contribution in [2.75, 3.05) is 57.8 Å². The summed E-state index contributed by atoms with van der Waals surface area (Å²) in [5.41, 5.74) is 1.26. The van der Waals surface area contributed by atoms with Gasteiger partial charge in [-0.3, -0.25) is 45.9 Å². The molecule has 0 atom stereocenters. The smallest absolute Gasteiger partial charge is 0.493 e. The lowest BCUT2D eigenvalue weighted by atomic mass is 10.1. The molecular weight excluding hydrogens is 1090 g/mol. The van der Waals surface area contributed by atoms with E-state index in [0.717, 1.165) is 4.68 Å². The number of sulfonamides is 1. The molecule has 0 aliphatic carbocycles. The third-order valence-corrected chi connectivity index (χ3v) is 11.8. The van der Waals surface area contributed by atoms with Crippen molar-refractivity contribution in [1.29, 1.82) is 0 Å². The topological polar surface area (TPSA) is 416 Å². The quantitative estimate of drug-likeness (QED) is 0.0112. The fourth-order valence-electron chi connectivity index (χ4n) is 6.39. The van der Waals surface area contributed by atoms with Crippen LogP contribution in [0.3, 0.4) is 0 Å². The SMILES string of the molecule is COc1ccccc1Oc1c(OCCOC(=O)c2ccc(CON(O)O)cc2)nc(-c2ccnc(-c3nnnn3COC(=O)OCCCCON(O)O)c2)nc1N(COC(=O)OCCCCON(O)O)S(=O)(=O)c1ccc(C)cn1. The molecule has 35 heteroatoms. The van der Waals surface area contributed by atoms with Crippen LogP contribution in [0, 0.1) is 6.92 Å². The molecule has 4 aromatic heterocycles. The standard InChI is InChI=1S/C45H52N12O22S/c1-30-11-16-37(47-26-30)80(67,68)54(29-75-45(60)73-20-6-8-22-77-56(63)64)41-38(79-36-10-4-3-9-35(36)69-2)42(70-23-24-71-43(58)32-14-12-31(13-15-32)27-78-57(65)66)49-39(48-41)33-17-18-46-34(25-33)40-50-51-52-53(40)28-74-44(59)72-19-5-7-21-76-55(61)62/h3-4,9-18,25-26,61-66H,5-8,19-24,27-29H2,1-2H3. The lowest BCUT2D eigenvalue weighted by molar-refractivity contribution is -0.497. The number of para-hydroxylation sites is 2. The van der Waals surface area contributed by atoms with Gasteiger partial charge in [0, 0.05) is 18.0 Å². The minimum absolute atomic E-state index is 0.0278. The van der Waals surface area contributed by atoms with Crippen LogP contribution in [0.1, 0.15) is 47.2 Å². The van der Waals surface area contributed by atoms with Crippen molar-refractivity contribution in [2.24, 2.45) is 0 Å². The number of nitrogens with zero attached hydrogens (tertiary/aromatic N) is 12. The van der Waals surface area contributed by atoms with Crippen LogP contribution in [-0.4, -0.2) is 168 Å². The van der Waals surface area contributed by atoms with E-state index in [0.29, 0.717) is 21.9 Å². The molecule has 0 spiro atoms. The van der Waals surface area contributed by atoms with Crippen molar-refractivity contribution in [3.63, 3.8) is 0 Å². The zero-order valence-electron chi connectivity index (χ0n) is 42.3. The van der Waals surface area contributed by atoms with Crippen molar-refractivity contribution in [3.05, 3.63) is 102 Å². The summed E-state index contributed by atoms with van der Waals surface area (Å²) in [6, 6.07) is 17.4. The van der Waals surface area contributed by atoms with Gasteiger partial charge in [-0.1, -0.05) is 30.3 Å². The summed E-state index contributed by atoms with van der Waals surface area (Å²) in [4.78, 5) is 70.1. The van der Waals surface area contributed by atoms with Gasteiger partial charge in [-0.15, -0.1) is 5.10 Å². The van der Waals surface area contributed by atoms with E-state index in [-0.39, 0.29) is 92.3 Å². The van der Waals surface area contributed by atoms with E-state index in [4.69, 9.17) is 69.1 Å². The summed E-state index contributed by atoms with van der Waals surface area (Å²) < 4.78 is 75.9. The fourth-order valence-corrected chi connectivity index (χ4v) is 7.59. The molecule has 0 radical (unpaired) electrons. The average molecular weight is 1150 g/mol. The Hall–Kier alpha value is -8.43. The number of carbonyl (C=O) groups is 3. The molecule has 6 N–H and O–H groups in total. The number of rotatable bonds is 32. The van der Waals surface area contributed by atoms with Crippen molar-refractivity contribution in [3.8, 4) is 46.0 Å². The highest BCUT2D eigenvalue weighted by molar-refractivity contribution is 7.92. The summed E-state index contributed by atoms with van der Waals surface area (Å²) in [5.74, 6) is -2.73. The maximum absolute atomic E-state index is 15.0. The average Bonchev–Trinajstić information content (AvgIpc) is 3.94. The van der Waals surface area contributed by atoms with Gasteiger partial charge in [0.05, 0.1) is 61.9 Å². The lowest BCUT2D eigenvalue weighted by Gasteiger charge is -2.26. The number of ether oxygens (including phenoxy) is 8. The molecule has 34 nitrogen and oxygen atoms in total. The number of aryl methyl sites for hydroxylation is 1. The molecule has 2 aromatic carbocycles. The molecule has 0 aliphatic rings. The summed E-state index contributed by atoms with van der Waals surface area (Å²) in [7, 11) is -3.62. The molecule has 0 fully saturated rings. The molecule has 0 unspecified atom stereocenters. The van der Waals surface area contributed by atoms with Gasteiger partial charge in [0.1, 0.15) is 18.9 Å². The zero-order valence-corrected chi connectivity index (χ0v) is 43.1. The van der Waals surface area contributed by atoms with Crippen molar-refractivity contribution in [1.82, 2.24) is 56.3 Å². The number of unbranched alkanes of at least 4 members (excludes halogenated alkanes) is 2. The molecule has 0 saturated heterocycles. The molecule has 4 heterocycles. The van der Waals surface area contributed by atoms with Gasteiger partial charge in [-0.25, -0.2) is 33.5 Å². The van der Waals surface area contributed by atoms with Gasteiger partial charge in [0.2, 0.25) is 11.6 Å². The summed E-state index contributed by atoms with van der Waals surface area (Å²) in [6.07, 6.45) is 1.03. The first-order valence-electron chi connectivity index (χ1n) is 23.3. The molecule has 80 heavy (non-hydrogen) atoms. The molecule has 0 amide bonds. The van der Waals surface area contributed by atoms with Gasteiger partial charge in [-0.05, 0) is 96.6 Å².